The first kappa shape index (κ1) is 16.9. The Morgan fingerprint density at radius 3 is 2.54 bits per heavy atom. The molecule has 1 aliphatic heterocycles. The van der Waals surface area contributed by atoms with Gasteiger partial charge in [0.1, 0.15) is 0 Å². The summed E-state index contributed by atoms with van der Waals surface area (Å²) >= 11 is 0. The van der Waals surface area contributed by atoms with E-state index in [-0.39, 0.29) is 0 Å². The van der Waals surface area contributed by atoms with Crippen molar-refractivity contribution in [3.63, 3.8) is 0 Å². The first-order valence-corrected chi connectivity index (χ1v) is 10.1. The van der Waals surface area contributed by atoms with E-state index < -0.39 is 10.0 Å². The van der Waals surface area contributed by atoms with E-state index in [9.17, 15) is 8.42 Å². The van der Waals surface area contributed by atoms with Gasteiger partial charge in [0.15, 0.2) is 0 Å². The molecule has 0 spiro atoms. The molecule has 0 amide bonds. The minimum atomic E-state index is -3.56. The lowest BCUT2D eigenvalue weighted by atomic mass is 10.0. The molecule has 0 fully saturated rings. The molecule has 1 aromatic heterocycles. The number of hydrogen-bond donors (Lipinski definition) is 0. The Morgan fingerprint density at radius 2 is 1.81 bits per heavy atom. The highest BCUT2D eigenvalue weighted by Crippen LogP contribution is 2.30. The number of sulfonamides is 1. The second kappa shape index (κ2) is 6.67. The average Bonchev–Trinajstić information content (AvgIpc) is 2.69. The van der Waals surface area contributed by atoms with Crippen LogP contribution in [0, 0.1) is 6.92 Å². The van der Waals surface area contributed by atoms with Crippen molar-refractivity contribution in [2.45, 2.75) is 18.2 Å². The zero-order chi connectivity index (χ0) is 18.1. The van der Waals surface area contributed by atoms with Crippen molar-refractivity contribution in [2.75, 3.05) is 13.1 Å². The quantitative estimate of drug-likeness (QED) is 0.705. The minimum Gasteiger partial charge on any atom is -0.256 e. The molecule has 2 aromatic carbocycles. The average molecular weight is 364 g/mol. The lowest BCUT2D eigenvalue weighted by Crippen LogP contribution is -2.34. The summed E-state index contributed by atoms with van der Waals surface area (Å²) in [5.74, 6) is 0. The Balaban J connectivity index is 1.69. The molecule has 0 bridgehead atoms. The molecule has 26 heavy (non-hydrogen) atoms. The standard InChI is InChI=1S/C21H20N2O2S/c1-16-9-10-20(19-8-5-13-22-21(16)19)26(24,25)23-14-11-18(12-15-23)17-6-3-2-4-7-17/h2-11,13H,12,14-15H2,1H3. The molecule has 4 rings (SSSR count). The Kier molecular flexibility index (Phi) is 4.34. The maximum Gasteiger partial charge on any atom is 0.244 e. The number of rotatable bonds is 3. The largest absolute Gasteiger partial charge is 0.256 e. The number of aryl methyl sites for hydroxylation is 1. The fourth-order valence-corrected chi connectivity index (χ4v) is 5.00. The third-order valence-electron chi connectivity index (χ3n) is 4.87. The van der Waals surface area contributed by atoms with Crippen LogP contribution in [0.4, 0.5) is 0 Å². The van der Waals surface area contributed by atoms with Gasteiger partial charge < -0.3 is 0 Å². The highest BCUT2D eigenvalue weighted by molar-refractivity contribution is 7.89. The van der Waals surface area contributed by atoms with Gasteiger partial charge in [-0.1, -0.05) is 42.5 Å². The van der Waals surface area contributed by atoms with Gasteiger partial charge in [-0.3, -0.25) is 4.98 Å². The maximum absolute atomic E-state index is 13.2. The second-order valence-corrected chi connectivity index (χ2v) is 8.39. The van der Waals surface area contributed by atoms with Crippen LogP contribution >= 0.6 is 0 Å². The number of aromatic nitrogens is 1. The zero-order valence-electron chi connectivity index (χ0n) is 14.6. The van der Waals surface area contributed by atoms with E-state index in [4.69, 9.17) is 0 Å². The molecule has 0 atom stereocenters. The number of hydrogen-bond acceptors (Lipinski definition) is 3. The van der Waals surface area contributed by atoms with E-state index in [0.717, 1.165) is 16.6 Å². The van der Waals surface area contributed by atoms with Crippen molar-refractivity contribution >= 4 is 26.5 Å². The minimum absolute atomic E-state index is 0.336. The van der Waals surface area contributed by atoms with Gasteiger partial charge in [0.25, 0.3) is 0 Å². The molecule has 4 nitrogen and oxygen atoms in total. The number of pyridine rings is 1. The van der Waals surface area contributed by atoms with Crippen LogP contribution in [0.1, 0.15) is 17.5 Å². The van der Waals surface area contributed by atoms with Gasteiger partial charge in [0.05, 0.1) is 10.4 Å². The van der Waals surface area contributed by atoms with Crippen molar-refractivity contribution < 1.29 is 8.42 Å². The van der Waals surface area contributed by atoms with E-state index in [0.29, 0.717) is 29.8 Å². The SMILES string of the molecule is Cc1ccc(S(=O)(=O)N2CC=C(c3ccccc3)CC2)c2cccnc12. The summed E-state index contributed by atoms with van der Waals surface area (Å²) in [6, 6.07) is 17.3. The van der Waals surface area contributed by atoms with Crippen LogP contribution in [-0.2, 0) is 10.0 Å². The molecule has 2 heterocycles. The van der Waals surface area contributed by atoms with Gasteiger partial charge >= 0.3 is 0 Å². The summed E-state index contributed by atoms with van der Waals surface area (Å²) in [5, 5.41) is 0.685. The lowest BCUT2D eigenvalue weighted by Gasteiger charge is -2.26. The third-order valence-corrected chi connectivity index (χ3v) is 6.79. The van der Waals surface area contributed by atoms with Gasteiger partial charge in [-0.05, 0) is 48.2 Å². The summed E-state index contributed by atoms with van der Waals surface area (Å²) in [6.07, 6.45) is 4.43. The molecule has 0 unspecified atom stereocenters. The Hall–Kier alpha value is -2.50. The molecular formula is C21H20N2O2S. The lowest BCUT2D eigenvalue weighted by molar-refractivity contribution is 0.442. The Bertz CT molecular complexity index is 1090. The van der Waals surface area contributed by atoms with Crippen molar-refractivity contribution in [1.29, 1.82) is 0 Å². The molecule has 1 aliphatic rings. The van der Waals surface area contributed by atoms with Gasteiger partial charge in [-0.2, -0.15) is 4.31 Å². The normalized spacial score (nSPS) is 15.8. The van der Waals surface area contributed by atoms with Crippen LogP contribution in [0.2, 0.25) is 0 Å². The summed E-state index contributed by atoms with van der Waals surface area (Å²) in [6.45, 7) is 2.82. The van der Waals surface area contributed by atoms with Crippen molar-refractivity contribution in [3.8, 4) is 0 Å². The molecule has 0 N–H and O–H groups in total. The molecule has 132 valence electrons. The number of benzene rings is 2. The van der Waals surface area contributed by atoms with Crippen LogP contribution in [-0.4, -0.2) is 30.8 Å². The van der Waals surface area contributed by atoms with E-state index in [1.54, 1.807) is 22.6 Å². The predicted molar refractivity (Wildman–Crippen MR) is 104 cm³/mol. The van der Waals surface area contributed by atoms with Gasteiger partial charge in [0, 0.05) is 24.7 Å². The first-order chi connectivity index (χ1) is 12.6. The third kappa shape index (κ3) is 2.93. The summed E-state index contributed by atoms with van der Waals surface area (Å²) < 4.78 is 28.0. The molecule has 0 saturated heterocycles. The summed E-state index contributed by atoms with van der Waals surface area (Å²) in [5.41, 5.74) is 4.08. The van der Waals surface area contributed by atoms with E-state index in [1.807, 2.05) is 43.3 Å². The van der Waals surface area contributed by atoms with Crippen LogP contribution < -0.4 is 0 Å². The van der Waals surface area contributed by atoms with Gasteiger partial charge in [-0.25, -0.2) is 8.42 Å². The van der Waals surface area contributed by atoms with Crippen molar-refractivity contribution in [1.82, 2.24) is 9.29 Å². The first-order valence-electron chi connectivity index (χ1n) is 8.66. The van der Waals surface area contributed by atoms with E-state index in [1.165, 1.54) is 5.57 Å². The number of nitrogens with zero attached hydrogens (tertiary/aromatic N) is 2. The maximum atomic E-state index is 13.2. The Morgan fingerprint density at radius 1 is 1.00 bits per heavy atom. The van der Waals surface area contributed by atoms with Crippen LogP contribution in [0.3, 0.4) is 0 Å². The summed E-state index contributed by atoms with van der Waals surface area (Å²) in [7, 11) is -3.56. The van der Waals surface area contributed by atoms with Crippen LogP contribution in [0.15, 0.2) is 71.8 Å². The van der Waals surface area contributed by atoms with E-state index >= 15 is 0 Å². The van der Waals surface area contributed by atoms with Crippen LogP contribution in [0.25, 0.3) is 16.5 Å². The highest BCUT2D eigenvalue weighted by atomic mass is 32.2. The topological polar surface area (TPSA) is 50.3 Å². The predicted octanol–water partition coefficient (Wildman–Crippen LogP) is 4.02. The van der Waals surface area contributed by atoms with Gasteiger partial charge in [-0.15, -0.1) is 0 Å². The number of fused-ring (bicyclic) bond motifs is 1. The molecule has 3 aromatic rings. The molecular weight excluding hydrogens is 344 g/mol. The smallest absolute Gasteiger partial charge is 0.244 e. The van der Waals surface area contributed by atoms with Crippen LogP contribution in [0.5, 0.6) is 0 Å². The monoisotopic (exact) mass is 364 g/mol. The summed E-state index contributed by atoms with van der Waals surface area (Å²) in [4.78, 5) is 4.69. The molecule has 0 aliphatic carbocycles. The fraction of sp³-hybridized carbons (Fsp3) is 0.190. The van der Waals surface area contributed by atoms with E-state index in [2.05, 4.69) is 17.1 Å². The molecule has 0 saturated carbocycles. The fourth-order valence-electron chi connectivity index (χ4n) is 3.44. The highest BCUT2D eigenvalue weighted by Gasteiger charge is 2.28. The molecule has 0 radical (unpaired) electrons. The van der Waals surface area contributed by atoms with Gasteiger partial charge in [0.2, 0.25) is 10.0 Å². The van der Waals surface area contributed by atoms with Crippen molar-refractivity contribution in [2.24, 2.45) is 0 Å². The van der Waals surface area contributed by atoms with Crippen molar-refractivity contribution in [3.05, 3.63) is 78.0 Å². The Labute approximate surface area is 153 Å². The molecule has 5 heteroatoms. The zero-order valence-corrected chi connectivity index (χ0v) is 15.4. The second-order valence-electron chi connectivity index (χ2n) is 6.49.